The molecule has 36 heavy (non-hydrogen) atoms. The Morgan fingerprint density at radius 3 is 2.89 bits per heavy atom. The van der Waals surface area contributed by atoms with Crippen molar-refractivity contribution in [2.75, 3.05) is 32.9 Å². The van der Waals surface area contributed by atoms with Crippen LogP contribution < -0.4 is 4.74 Å². The summed E-state index contributed by atoms with van der Waals surface area (Å²) in [5.74, 6) is 0.241. The number of halogens is 2. The van der Waals surface area contributed by atoms with Gasteiger partial charge in [-0.3, -0.25) is 9.89 Å². The maximum absolute atomic E-state index is 13.3. The van der Waals surface area contributed by atoms with E-state index < -0.39 is 12.1 Å². The summed E-state index contributed by atoms with van der Waals surface area (Å²) < 4.78 is 13.2. The first-order valence-corrected chi connectivity index (χ1v) is 12.0. The molecule has 11 nitrogen and oxygen atoms in total. The zero-order chi connectivity index (χ0) is 25.4. The van der Waals surface area contributed by atoms with Crippen molar-refractivity contribution < 1.29 is 24.2 Å². The summed E-state index contributed by atoms with van der Waals surface area (Å²) in [4.78, 5) is 27.9. The van der Waals surface area contributed by atoms with Crippen molar-refractivity contribution in [2.45, 2.75) is 25.6 Å². The standard InChI is InChI=1S/C23H22Cl2N6O5/c24-15-8-17(36-5-1-26)20-19(13-9-27-28-10-13)16-11-29(2-3-31(16)22(20)21(15)25)18(32)7-14-12-35-6-4-30(14)23(33)34/h8-10,14H,2-7,11-12H2,(H,27,28)(H,33,34). The number of nitriles is 1. The maximum atomic E-state index is 13.3. The van der Waals surface area contributed by atoms with Gasteiger partial charge < -0.3 is 28.9 Å². The SMILES string of the molecule is N#CCOc1cc(Cl)c(Cl)c2c1c(-c1cn[nH]c1)c1n2CCN(C(=O)CC2COCCN2C(=O)O)C1. The van der Waals surface area contributed by atoms with Crippen molar-refractivity contribution in [1.82, 2.24) is 24.6 Å². The Bertz CT molecular complexity index is 1370. The third-order valence-electron chi connectivity index (χ3n) is 6.54. The van der Waals surface area contributed by atoms with Crippen LogP contribution in [-0.4, -0.2) is 80.6 Å². The van der Waals surface area contributed by atoms with Crippen molar-refractivity contribution in [3.8, 4) is 22.9 Å². The van der Waals surface area contributed by atoms with Crippen LogP contribution in [0.1, 0.15) is 12.1 Å². The van der Waals surface area contributed by atoms with Gasteiger partial charge in [0.1, 0.15) is 11.8 Å². The van der Waals surface area contributed by atoms with Crippen LogP contribution >= 0.6 is 23.2 Å². The summed E-state index contributed by atoms with van der Waals surface area (Å²) in [6.45, 7) is 1.66. The first-order valence-electron chi connectivity index (χ1n) is 11.3. The molecule has 13 heteroatoms. The predicted molar refractivity (Wildman–Crippen MR) is 130 cm³/mol. The number of ether oxygens (including phenoxy) is 2. The normalized spacial score (nSPS) is 17.6. The summed E-state index contributed by atoms with van der Waals surface area (Å²) in [6, 6.07) is 3.02. The van der Waals surface area contributed by atoms with Crippen LogP contribution in [0.25, 0.3) is 22.0 Å². The molecule has 5 rings (SSSR count). The summed E-state index contributed by atoms with van der Waals surface area (Å²) in [5.41, 5.74) is 3.01. The second kappa shape index (κ2) is 9.89. The van der Waals surface area contributed by atoms with Crippen LogP contribution in [0.3, 0.4) is 0 Å². The zero-order valence-electron chi connectivity index (χ0n) is 19.0. The van der Waals surface area contributed by atoms with Crippen molar-refractivity contribution >= 4 is 46.1 Å². The molecule has 1 atom stereocenters. The molecule has 2 aromatic heterocycles. The molecule has 0 bridgehead atoms. The molecule has 1 saturated heterocycles. The van der Waals surface area contributed by atoms with E-state index in [-0.39, 0.29) is 38.6 Å². The fraction of sp³-hybridized carbons (Fsp3) is 0.391. The second-order valence-electron chi connectivity index (χ2n) is 8.53. The maximum Gasteiger partial charge on any atom is 0.407 e. The number of carbonyl (C=O) groups is 2. The fourth-order valence-electron chi connectivity index (χ4n) is 4.93. The van der Waals surface area contributed by atoms with Gasteiger partial charge in [0.2, 0.25) is 5.91 Å². The second-order valence-corrected chi connectivity index (χ2v) is 9.31. The molecule has 0 radical (unpaired) electrons. The summed E-state index contributed by atoms with van der Waals surface area (Å²) in [6.07, 6.45) is 2.36. The number of nitrogens with one attached hydrogen (secondary N) is 1. The lowest BCUT2D eigenvalue weighted by Gasteiger charge is -2.35. The predicted octanol–water partition coefficient (Wildman–Crippen LogP) is 3.35. The number of benzene rings is 1. The average molecular weight is 533 g/mol. The number of carboxylic acid groups (broad SMARTS) is 1. The van der Waals surface area contributed by atoms with E-state index in [1.54, 1.807) is 23.4 Å². The van der Waals surface area contributed by atoms with Gasteiger partial charge in [-0.15, -0.1) is 0 Å². The fourth-order valence-corrected chi connectivity index (χ4v) is 5.37. The highest BCUT2D eigenvalue weighted by atomic mass is 35.5. The van der Waals surface area contributed by atoms with E-state index >= 15 is 0 Å². The number of H-pyrrole nitrogens is 1. The molecule has 2 aliphatic rings. The number of nitrogens with zero attached hydrogens (tertiary/aromatic N) is 5. The first-order chi connectivity index (χ1) is 17.4. The minimum atomic E-state index is -1.06. The first kappa shape index (κ1) is 24.2. The minimum Gasteiger partial charge on any atom is -0.478 e. The Hall–Kier alpha value is -3.46. The third-order valence-corrected chi connectivity index (χ3v) is 7.32. The molecular weight excluding hydrogens is 511 g/mol. The molecule has 0 saturated carbocycles. The molecule has 2 amide bonds. The monoisotopic (exact) mass is 532 g/mol. The van der Waals surface area contributed by atoms with E-state index in [0.29, 0.717) is 46.4 Å². The molecule has 1 unspecified atom stereocenters. The van der Waals surface area contributed by atoms with E-state index in [0.717, 1.165) is 16.8 Å². The number of hydrogen-bond donors (Lipinski definition) is 2. The number of aromatic amines is 1. The Balaban J connectivity index is 1.55. The lowest BCUT2D eigenvalue weighted by Crippen LogP contribution is -2.51. The number of rotatable bonds is 5. The lowest BCUT2D eigenvalue weighted by molar-refractivity contribution is -0.135. The quantitative estimate of drug-likeness (QED) is 0.513. The van der Waals surface area contributed by atoms with E-state index in [1.165, 1.54) is 4.90 Å². The van der Waals surface area contributed by atoms with Crippen molar-refractivity contribution in [3.05, 3.63) is 34.2 Å². The van der Waals surface area contributed by atoms with E-state index in [9.17, 15) is 14.7 Å². The number of morpholine rings is 1. The van der Waals surface area contributed by atoms with Crippen LogP contribution in [0.15, 0.2) is 18.5 Å². The number of fused-ring (bicyclic) bond motifs is 3. The lowest BCUT2D eigenvalue weighted by atomic mass is 10.0. The molecule has 0 spiro atoms. The van der Waals surface area contributed by atoms with Crippen LogP contribution in [0.4, 0.5) is 4.79 Å². The van der Waals surface area contributed by atoms with E-state index in [4.69, 9.17) is 37.9 Å². The molecule has 4 heterocycles. The molecule has 3 aromatic rings. The summed E-state index contributed by atoms with van der Waals surface area (Å²) in [7, 11) is 0. The summed E-state index contributed by atoms with van der Waals surface area (Å²) >= 11 is 13.1. The molecular formula is C23H22Cl2N6O5. The Labute approximate surface area is 215 Å². The molecule has 188 valence electrons. The van der Waals surface area contributed by atoms with Crippen molar-refractivity contribution in [3.63, 3.8) is 0 Å². The van der Waals surface area contributed by atoms with Gasteiger partial charge in [0.15, 0.2) is 6.61 Å². The number of amides is 2. The largest absolute Gasteiger partial charge is 0.478 e. The molecule has 1 fully saturated rings. The summed E-state index contributed by atoms with van der Waals surface area (Å²) in [5, 5.41) is 26.8. The van der Waals surface area contributed by atoms with Gasteiger partial charge >= 0.3 is 6.09 Å². The Morgan fingerprint density at radius 1 is 1.33 bits per heavy atom. The zero-order valence-corrected chi connectivity index (χ0v) is 20.6. The van der Waals surface area contributed by atoms with Gasteiger partial charge in [-0.2, -0.15) is 10.4 Å². The van der Waals surface area contributed by atoms with Gasteiger partial charge in [0.05, 0.1) is 52.9 Å². The van der Waals surface area contributed by atoms with Gasteiger partial charge in [-0.25, -0.2) is 4.79 Å². The smallest absolute Gasteiger partial charge is 0.407 e. The minimum absolute atomic E-state index is 0.0245. The van der Waals surface area contributed by atoms with Gasteiger partial charge in [0, 0.05) is 55.1 Å². The average Bonchev–Trinajstić information content (AvgIpc) is 3.51. The Morgan fingerprint density at radius 2 is 2.17 bits per heavy atom. The van der Waals surface area contributed by atoms with Crippen LogP contribution in [0.5, 0.6) is 5.75 Å². The highest BCUT2D eigenvalue weighted by Gasteiger charge is 2.34. The molecule has 1 aromatic carbocycles. The van der Waals surface area contributed by atoms with Crippen LogP contribution in [0, 0.1) is 11.3 Å². The van der Waals surface area contributed by atoms with Crippen LogP contribution in [0.2, 0.25) is 10.0 Å². The van der Waals surface area contributed by atoms with E-state index in [2.05, 4.69) is 10.2 Å². The number of hydrogen-bond acceptors (Lipinski definition) is 6. The molecule has 2 aliphatic heterocycles. The van der Waals surface area contributed by atoms with Crippen molar-refractivity contribution in [2.24, 2.45) is 0 Å². The number of aromatic nitrogens is 3. The molecule has 2 N–H and O–H groups in total. The molecule has 0 aliphatic carbocycles. The van der Waals surface area contributed by atoms with E-state index in [1.807, 2.05) is 10.6 Å². The topological polar surface area (TPSA) is 137 Å². The van der Waals surface area contributed by atoms with Gasteiger partial charge in [0.25, 0.3) is 0 Å². The van der Waals surface area contributed by atoms with Gasteiger partial charge in [-0.1, -0.05) is 23.2 Å². The third kappa shape index (κ3) is 4.21. The Kier molecular flexibility index (Phi) is 6.66. The highest BCUT2D eigenvalue weighted by molar-refractivity contribution is 6.45. The number of carbonyl (C=O) groups excluding carboxylic acids is 1. The van der Waals surface area contributed by atoms with Crippen molar-refractivity contribution in [1.29, 1.82) is 5.26 Å². The van der Waals surface area contributed by atoms with Crippen LogP contribution in [-0.2, 0) is 22.6 Å². The van der Waals surface area contributed by atoms with Gasteiger partial charge in [-0.05, 0) is 0 Å². The highest BCUT2D eigenvalue weighted by Crippen LogP contribution is 2.47.